The van der Waals surface area contributed by atoms with E-state index in [1.807, 2.05) is 9.80 Å². The Morgan fingerprint density at radius 1 is 1.17 bits per heavy atom. The van der Waals surface area contributed by atoms with Crippen molar-refractivity contribution in [2.75, 3.05) is 46.0 Å². The van der Waals surface area contributed by atoms with Crippen molar-refractivity contribution in [1.82, 2.24) is 9.80 Å². The number of hydrogen-bond donors (Lipinski definition) is 0. The second-order valence-electron chi connectivity index (χ2n) is 6.10. The van der Waals surface area contributed by atoms with Gasteiger partial charge in [-0.25, -0.2) is 9.18 Å². The molecule has 1 aromatic rings. The number of carbonyl (C=O) groups is 1. The van der Waals surface area contributed by atoms with Gasteiger partial charge in [0, 0.05) is 32.1 Å². The van der Waals surface area contributed by atoms with Gasteiger partial charge in [0.1, 0.15) is 11.6 Å². The number of halogens is 1. The van der Waals surface area contributed by atoms with Crippen molar-refractivity contribution in [3.05, 3.63) is 30.1 Å². The highest BCUT2D eigenvalue weighted by atomic mass is 19.1. The number of nitrogens with zero attached hydrogens (tertiary/aromatic N) is 2. The standard InChI is InChI=1S/C17H23FN2O3/c18-15-3-5-16(6-4-15)23-13-14-2-1-7-20(12-14)17(21)19-8-10-22-11-9-19/h3-6,14H,1-2,7-13H2. The molecule has 3 rings (SSSR count). The molecular weight excluding hydrogens is 299 g/mol. The SMILES string of the molecule is O=C(N1CCOCC1)N1CCCC(COc2ccc(F)cc2)C1. The van der Waals surface area contributed by atoms with Crippen molar-refractivity contribution in [3.8, 4) is 5.75 Å². The van der Waals surface area contributed by atoms with E-state index in [2.05, 4.69) is 0 Å². The van der Waals surface area contributed by atoms with E-state index < -0.39 is 0 Å². The van der Waals surface area contributed by atoms with E-state index in [9.17, 15) is 9.18 Å². The van der Waals surface area contributed by atoms with E-state index in [1.54, 1.807) is 12.1 Å². The van der Waals surface area contributed by atoms with E-state index in [0.717, 1.165) is 25.9 Å². The molecule has 2 aliphatic rings. The fraction of sp³-hybridized carbons (Fsp3) is 0.588. The van der Waals surface area contributed by atoms with Gasteiger partial charge in [-0.05, 0) is 37.1 Å². The predicted molar refractivity (Wildman–Crippen MR) is 84.0 cm³/mol. The third-order valence-electron chi connectivity index (χ3n) is 4.37. The number of amides is 2. The van der Waals surface area contributed by atoms with Gasteiger partial charge in [-0.2, -0.15) is 0 Å². The average molecular weight is 322 g/mol. The molecule has 1 aromatic carbocycles. The van der Waals surface area contributed by atoms with Crippen LogP contribution in [0.25, 0.3) is 0 Å². The third kappa shape index (κ3) is 4.34. The summed E-state index contributed by atoms with van der Waals surface area (Å²) < 4.78 is 23.9. The summed E-state index contributed by atoms with van der Waals surface area (Å²) in [7, 11) is 0. The minimum absolute atomic E-state index is 0.111. The van der Waals surface area contributed by atoms with Crippen LogP contribution >= 0.6 is 0 Å². The highest BCUT2D eigenvalue weighted by Gasteiger charge is 2.28. The molecule has 2 fully saturated rings. The van der Waals surface area contributed by atoms with Crippen LogP contribution in [0.1, 0.15) is 12.8 Å². The van der Waals surface area contributed by atoms with Gasteiger partial charge in [0.25, 0.3) is 0 Å². The Kier molecular flexibility index (Phi) is 5.33. The molecule has 0 spiro atoms. The molecule has 2 amide bonds. The fourth-order valence-electron chi connectivity index (χ4n) is 3.07. The summed E-state index contributed by atoms with van der Waals surface area (Å²) in [6.07, 6.45) is 2.04. The van der Waals surface area contributed by atoms with Gasteiger partial charge >= 0.3 is 6.03 Å². The summed E-state index contributed by atoms with van der Waals surface area (Å²) in [6, 6.07) is 6.17. The number of likely N-dealkylation sites (tertiary alicyclic amines) is 1. The molecule has 1 unspecified atom stereocenters. The van der Waals surface area contributed by atoms with Crippen LogP contribution in [-0.4, -0.2) is 61.8 Å². The highest BCUT2D eigenvalue weighted by molar-refractivity contribution is 5.74. The Morgan fingerprint density at radius 3 is 2.65 bits per heavy atom. The summed E-state index contributed by atoms with van der Waals surface area (Å²) >= 11 is 0. The van der Waals surface area contributed by atoms with E-state index in [-0.39, 0.29) is 11.8 Å². The van der Waals surface area contributed by atoms with Gasteiger partial charge in [0.2, 0.25) is 0 Å². The second-order valence-corrected chi connectivity index (χ2v) is 6.10. The average Bonchev–Trinajstić information content (AvgIpc) is 2.61. The smallest absolute Gasteiger partial charge is 0.320 e. The fourth-order valence-corrected chi connectivity index (χ4v) is 3.07. The number of carbonyl (C=O) groups excluding carboxylic acids is 1. The van der Waals surface area contributed by atoms with Crippen molar-refractivity contribution < 1.29 is 18.7 Å². The molecule has 0 bridgehead atoms. The Hall–Kier alpha value is -1.82. The molecular formula is C17H23FN2O3. The van der Waals surface area contributed by atoms with Gasteiger partial charge in [-0.1, -0.05) is 0 Å². The molecule has 5 nitrogen and oxygen atoms in total. The van der Waals surface area contributed by atoms with Crippen molar-refractivity contribution in [2.24, 2.45) is 5.92 Å². The molecule has 0 aliphatic carbocycles. The topological polar surface area (TPSA) is 42.0 Å². The van der Waals surface area contributed by atoms with Crippen LogP contribution in [0.3, 0.4) is 0 Å². The van der Waals surface area contributed by atoms with E-state index in [1.165, 1.54) is 12.1 Å². The number of piperidine rings is 1. The van der Waals surface area contributed by atoms with Gasteiger partial charge in [0.05, 0.1) is 19.8 Å². The summed E-state index contributed by atoms with van der Waals surface area (Å²) in [5, 5.41) is 0. The molecule has 0 aromatic heterocycles. The lowest BCUT2D eigenvalue weighted by Crippen LogP contribution is -2.51. The summed E-state index contributed by atoms with van der Waals surface area (Å²) in [5.74, 6) is 0.721. The lowest BCUT2D eigenvalue weighted by atomic mass is 9.99. The van der Waals surface area contributed by atoms with Crippen molar-refractivity contribution >= 4 is 6.03 Å². The number of morpholine rings is 1. The molecule has 0 N–H and O–H groups in total. The van der Waals surface area contributed by atoms with Crippen LogP contribution in [0.4, 0.5) is 9.18 Å². The van der Waals surface area contributed by atoms with Crippen LogP contribution in [0.2, 0.25) is 0 Å². The van der Waals surface area contributed by atoms with Gasteiger partial charge in [0.15, 0.2) is 0 Å². The van der Waals surface area contributed by atoms with Gasteiger partial charge < -0.3 is 19.3 Å². The summed E-state index contributed by atoms with van der Waals surface area (Å²) in [4.78, 5) is 16.3. The van der Waals surface area contributed by atoms with Crippen molar-refractivity contribution in [3.63, 3.8) is 0 Å². The first-order valence-electron chi connectivity index (χ1n) is 8.22. The highest BCUT2D eigenvalue weighted by Crippen LogP contribution is 2.20. The first kappa shape index (κ1) is 16.1. The van der Waals surface area contributed by atoms with Crippen LogP contribution in [0, 0.1) is 11.7 Å². The molecule has 2 heterocycles. The zero-order valence-corrected chi connectivity index (χ0v) is 13.2. The largest absolute Gasteiger partial charge is 0.493 e. The van der Waals surface area contributed by atoms with Crippen LogP contribution in [0.5, 0.6) is 5.75 Å². The van der Waals surface area contributed by atoms with E-state index >= 15 is 0 Å². The maximum atomic E-state index is 12.9. The maximum absolute atomic E-state index is 12.9. The van der Waals surface area contributed by atoms with Crippen molar-refractivity contribution in [1.29, 1.82) is 0 Å². The predicted octanol–water partition coefficient (Wildman–Crippen LogP) is 2.37. The minimum Gasteiger partial charge on any atom is -0.493 e. The van der Waals surface area contributed by atoms with E-state index in [0.29, 0.717) is 44.6 Å². The number of urea groups is 1. The molecule has 1 atom stereocenters. The molecule has 2 saturated heterocycles. The van der Waals surface area contributed by atoms with Crippen LogP contribution < -0.4 is 4.74 Å². The molecule has 126 valence electrons. The van der Waals surface area contributed by atoms with Crippen molar-refractivity contribution in [2.45, 2.75) is 12.8 Å². The first-order valence-corrected chi connectivity index (χ1v) is 8.22. The Balaban J connectivity index is 1.49. The minimum atomic E-state index is -0.266. The Bertz CT molecular complexity index is 517. The lowest BCUT2D eigenvalue weighted by Gasteiger charge is -2.37. The lowest BCUT2D eigenvalue weighted by molar-refractivity contribution is 0.0374. The summed E-state index contributed by atoms with van der Waals surface area (Å²) in [6.45, 7) is 4.67. The summed E-state index contributed by atoms with van der Waals surface area (Å²) in [5.41, 5.74) is 0. The third-order valence-corrected chi connectivity index (χ3v) is 4.37. The quantitative estimate of drug-likeness (QED) is 0.858. The molecule has 0 saturated carbocycles. The normalized spacial score (nSPS) is 22.0. The number of rotatable bonds is 3. The molecule has 0 radical (unpaired) electrons. The molecule has 23 heavy (non-hydrogen) atoms. The zero-order valence-electron chi connectivity index (χ0n) is 13.2. The Morgan fingerprint density at radius 2 is 1.91 bits per heavy atom. The first-order chi connectivity index (χ1) is 11.2. The van der Waals surface area contributed by atoms with Gasteiger partial charge in [-0.15, -0.1) is 0 Å². The second kappa shape index (κ2) is 7.64. The maximum Gasteiger partial charge on any atom is 0.320 e. The zero-order chi connectivity index (χ0) is 16.1. The Labute approximate surface area is 136 Å². The molecule has 2 aliphatic heterocycles. The van der Waals surface area contributed by atoms with Crippen LogP contribution in [0.15, 0.2) is 24.3 Å². The number of hydrogen-bond acceptors (Lipinski definition) is 3. The van der Waals surface area contributed by atoms with Crippen LogP contribution in [-0.2, 0) is 4.74 Å². The van der Waals surface area contributed by atoms with E-state index in [4.69, 9.17) is 9.47 Å². The number of ether oxygens (including phenoxy) is 2. The monoisotopic (exact) mass is 322 g/mol. The van der Waals surface area contributed by atoms with Gasteiger partial charge in [-0.3, -0.25) is 0 Å². The number of benzene rings is 1. The molecule has 6 heteroatoms.